The minimum absolute atomic E-state index is 0.0204. The molecular formula is C38H40Cl2F2N4O8S. The van der Waals surface area contributed by atoms with Crippen molar-refractivity contribution in [3.05, 3.63) is 93.0 Å². The highest BCUT2D eigenvalue weighted by Gasteiger charge is 2.61. The Kier molecular flexibility index (Phi) is 12.4. The molecule has 3 aromatic rings. The van der Waals surface area contributed by atoms with Crippen LogP contribution in [0, 0.1) is 28.4 Å². The van der Waals surface area contributed by atoms with E-state index in [2.05, 4.69) is 16.7 Å². The van der Waals surface area contributed by atoms with Gasteiger partial charge in [-0.25, -0.2) is 26.8 Å². The fraction of sp³-hybridized carbons (Fsp3) is 0.421. The van der Waals surface area contributed by atoms with Gasteiger partial charge in [-0.15, -0.1) is 0 Å². The third-order valence-corrected chi connectivity index (χ3v) is 11.7. The Morgan fingerprint density at radius 1 is 1.07 bits per heavy atom. The van der Waals surface area contributed by atoms with Crippen molar-refractivity contribution in [1.29, 1.82) is 5.26 Å². The first-order chi connectivity index (χ1) is 25.8. The van der Waals surface area contributed by atoms with Gasteiger partial charge in [0.25, 0.3) is 0 Å². The summed E-state index contributed by atoms with van der Waals surface area (Å²) in [6.45, 7) is 6.97. The smallest absolute Gasteiger partial charge is 0.412 e. The van der Waals surface area contributed by atoms with E-state index in [4.69, 9.17) is 37.4 Å². The fourth-order valence-corrected chi connectivity index (χ4v) is 8.58. The molecule has 2 fully saturated rings. The second-order valence-corrected chi connectivity index (χ2v) is 17.7. The monoisotopic (exact) mass is 820 g/mol. The van der Waals surface area contributed by atoms with Gasteiger partial charge in [0.2, 0.25) is 12.2 Å². The fourth-order valence-electron chi connectivity index (χ4n) is 7.04. The quantitative estimate of drug-likeness (QED) is 0.177. The molecule has 2 saturated heterocycles. The molecule has 5 atom stereocenters. The number of sulfone groups is 1. The molecule has 0 spiro atoms. The first-order valence-electron chi connectivity index (χ1n) is 17.2. The van der Waals surface area contributed by atoms with Gasteiger partial charge in [0.15, 0.2) is 9.84 Å². The van der Waals surface area contributed by atoms with E-state index in [1.54, 1.807) is 0 Å². The SMILES string of the molecule is COc1cc(C(=O)OC(C)OC(=O)N2CCS(=O)(=O)CC2)ccc1NC(=O)C1NC(CC(C)(C)C)C(C#N)(c2ccc(Cl)cc2F)C1c1cccc(Cl)c1F. The molecule has 17 heteroatoms. The lowest BCUT2D eigenvalue weighted by molar-refractivity contribution is -0.118. The highest BCUT2D eigenvalue weighted by molar-refractivity contribution is 7.91. The van der Waals surface area contributed by atoms with Gasteiger partial charge >= 0.3 is 12.1 Å². The van der Waals surface area contributed by atoms with E-state index in [1.807, 2.05) is 20.8 Å². The zero-order valence-corrected chi connectivity index (χ0v) is 32.9. The van der Waals surface area contributed by atoms with Crippen molar-refractivity contribution < 1.29 is 45.8 Å². The van der Waals surface area contributed by atoms with Crippen LogP contribution < -0.4 is 15.4 Å². The van der Waals surface area contributed by atoms with Gasteiger partial charge in [0, 0.05) is 42.6 Å². The molecule has 0 radical (unpaired) electrons. The predicted molar refractivity (Wildman–Crippen MR) is 201 cm³/mol. The van der Waals surface area contributed by atoms with Crippen LogP contribution >= 0.6 is 23.2 Å². The summed E-state index contributed by atoms with van der Waals surface area (Å²) in [5, 5.41) is 16.9. The molecule has 2 aliphatic heterocycles. The molecule has 3 aromatic carbocycles. The molecule has 0 saturated carbocycles. The number of carbonyl (C=O) groups is 3. The number of rotatable bonds is 9. The Bertz CT molecular complexity index is 2130. The first kappa shape index (κ1) is 41.7. The van der Waals surface area contributed by atoms with Crippen molar-refractivity contribution in [2.45, 2.75) is 63.8 Å². The number of ether oxygens (including phenoxy) is 3. The zero-order valence-electron chi connectivity index (χ0n) is 30.6. The molecule has 2 N–H and O–H groups in total. The van der Waals surface area contributed by atoms with Gasteiger partial charge < -0.3 is 29.7 Å². The number of nitrogens with one attached hydrogen (secondary N) is 2. The molecule has 2 amide bonds. The molecular weight excluding hydrogens is 781 g/mol. The van der Waals surface area contributed by atoms with E-state index in [0.717, 1.165) is 6.07 Å². The number of halogens is 4. The average Bonchev–Trinajstić information content (AvgIpc) is 3.42. The van der Waals surface area contributed by atoms with Crippen molar-refractivity contribution in [1.82, 2.24) is 10.2 Å². The molecule has 5 unspecified atom stereocenters. The van der Waals surface area contributed by atoms with E-state index in [0.29, 0.717) is 0 Å². The van der Waals surface area contributed by atoms with Crippen LogP contribution in [-0.2, 0) is 29.5 Å². The number of amides is 2. The highest BCUT2D eigenvalue weighted by Crippen LogP contribution is 2.53. The third kappa shape index (κ3) is 8.99. The molecule has 0 aliphatic carbocycles. The summed E-state index contributed by atoms with van der Waals surface area (Å²) in [6, 6.07) is 12.1. The van der Waals surface area contributed by atoms with Crippen molar-refractivity contribution >= 4 is 56.7 Å². The summed E-state index contributed by atoms with van der Waals surface area (Å²) in [7, 11) is -1.94. The summed E-state index contributed by atoms with van der Waals surface area (Å²) < 4.78 is 71.3. The predicted octanol–water partition coefficient (Wildman–Crippen LogP) is 6.61. The molecule has 55 heavy (non-hydrogen) atoms. The molecule has 0 bridgehead atoms. The number of nitriles is 1. The summed E-state index contributed by atoms with van der Waals surface area (Å²) in [5.74, 6) is -5.02. The summed E-state index contributed by atoms with van der Waals surface area (Å²) in [4.78, 5) is 41.1. The zero-order chi connectivity index (χ0) is 40.5. The lowest BCUT2D eigenvalue weighted by Gasteiger charge is -2.37. The van der Waals surface area contributed by atoms with Gasteiger partial charge in [-0.3, -0.25) is 4.79 Å². The van der Waals surface area contributed by atoms with Crippen LogP contribution in [0.4, 0.5) is 19.3 Å². The van der Waals surface area contributed by atoms with Crippen LogP contribution in [0.15, 0.2) is 54.6 Å². The van der Waals surface area contributed by atoms with Gasteiger partial charge in [0.1, 0.15) is 22.8 Å². The topological polar surface area (TPSA) is 164 Å². The van der Waals surface area contributed by atoms with E-state index in [9.17, 15) is 28.1 Å². The van der Waals surface area contributed by atoms with Gasteiger partial charge in [0.05, 0.1) is 47.0 Å². The highest BCUT2D eigenvalue weighted by atomic mass is 35.5. The van der Waals surface area contributed by atoms with Crippen molar-refractivity contribution in [3.63, 3.8) is 0 Å². The second kappa shape index (κ2) is 16.3. The number of hydrogen-bond acceptors (Lipinski definition) is 10. The van der Waals surface area contributed by atoms with E-state index >= 15 is 8.78 Å². The summed E-state index contributed by atoms with van der Waals surface area (Å²) in [6.07, 6.45) is -1.92. The molecule has 2 heterocycles. The van der Waals surface area contributed by atoms with Crippen LogP contribution in [0.3, 0.4) is 0 Å². The lowest BCUT2D eigenvalue weighted by Crippen LogP contribution is -2.45. The standard InChI is InChI=1S/C38H40Cl2F2N4O8S/c1-21(54-36(49)46-13-15-55(50,51)16-14-46)53-35(48)22-9-12-28(29(17-22)52-5)44-34(47)33-31(24-7-6-8-26(40)32(24)42)38(20-43,30(45-33)19-37(2,3)4)25-11-10-23(39)18-27(25)41/h6-12,17-18,21,30-31,33,45H,13-16,19H2,1-5H3,(H,44,47). The van der Waals surface area contributed by atoms with Crippen LogP contribution in [0.1, 0.15) is 61.5 Å². The molecule has 5 rings (SSSR count). The number of anilines is 1. The molecule has 12 nitrogen and oxygen atoms in total. The molecule has 2 aliphatic rings. The Balaban J connectivity index is 1.44. The van der Waals surface area contributed by atoms with E-state index in [-0.39, 0.29) is 69.2 Å². The number of nitrogens with zero attached hydrogens (tertiary/aromatic N) is 2. The Labute approximate surface area is 327 Å². The average molecular weight is 822 g/mol. The second-order valence-electron chi connectivity index (χ2n) is 14.6. The van der Waals surface area contributed by atoms with Crippen molar-refractivity contribution in [2.24, 2.45) is 5.41 Å². The van der Waals surface area contributed by atoms with Gasteiger partial charge in [-0.2, -0.15) is 5.26 Å². The maximum atomic E-state index is 16.0. The minimum atomic E-state index is -3.23. The van der Waals surface area contributed by atoms with Gasteiger partial charge in [-0.1, -0.05) is 62.2 Å². The number of methoxy groups -OCH3 is 1. The number of carbonyl (C=O) groups excluding carboxylic acids is 3. The largest absolute Gasteiger partial charge is 0.495 e. The van der Waals surface area contributed by atoms with Crippen molar-refractivity contribution in [3.8, 4) is 11.8 Å². The Morgan fingerprint density at radius 3 is 2.38 bits per heavy atom. The summed E-state index contributed by atoms with van der Waals surface area (Å²) in [5.41, 5.74) is -2.41. The van der Waals surface area contributed by atoms with E-state index in [1.165, 1.54) is 67.5 Å². The normalized spacial score (nSPS) is 22.6. The number of benzene rings is 3. The van der Waals surface area contributed by atoms with E-state index < -0.39 is 74.6 Å². The maximum Gasteiger partial charge on any atom is 0.412 e. The Morgan fingerprint density at radius 2 is 1.76 bits per heavy atom. The molecule has 0 aromatic heterocycles. The molecule has 294 valence electrons. The number of hydrogen-bond donors (Lipinski definition) is 2. The first-order valence-corrected chi connectivity index (χ1v) is 19.8. The van der Waals surface area contributed by atoms with Crippen LogP contribution in [0.2, 0.25) is 10.0 Å². The third-order valence-electron chi connectivity index (χ3n) is 9.57. The van der Waals surface area contributed by atoms with Crippen LogP contribution in [-0.4, -0.2) is 81.4 Å². The maximum absolute atomic E-state index is 16.0. The van der Waals surface area contributed by atoms with Crippen molar-refractivity contribution in [2.75, 3.05) is 37.0 Å². The van der Waals surface area contributed by atoms with Gasteiger partial charge in [-0.05, 0) is 53.8 Å². The summed E-state index contributed by atoms with van der Waals surface area (Å²) >= 11 is 12.3. The van der Waals surface area contributed by atoms with Crippen LogP contribution in [0.25, 0.3) is 0 Å². The Hall–Kier alpha value is -4.49. The van der Waals surface area contributed by atoms with Crippen LogP contribution in [0.5, 0.6) is 5.75 Å². The minimum Gasteiger partial charge on any atom is -0.495 e. The number of esters is 1. The lowest BCUT2D eigenvalue weighted by atomic mass is 9.62.